The van der Waals surface area contributed by atoms with Crippen LogP contribution in [0.25, 0.3) is 5.78 Å². The quantitative estimate of drug-likeness (QED) is 0.715. The van der Waals surface area contributed by atoms with E-state index < -0.39 is 6.36 Å². The predicted octanol–water partition coefficient (Wildman–Crippen LogP) is 4.61. The topological polar surface area (TPSA) is 64.3 Å². The Labute approximate surface area is 155 Å². The van der Waals surface area contributed by atoms with E-state index in [1.807, 2.05) is 13.0 Å². The normalized spacial score (nSPS) is 11.3. The molecule has 146 valence electrons. The molecule has 1 aromatic carbocycles. The summed E-state index contributed by atoms with van der Waals surface area (Å²) < 4.78 is 41.7. The summed E-state index contributed by atoms with van der Waals surface area (Å²) in [4.78, 5) is 8.24. The molecule has 6 nitrogen and oxygen atoms in total. The van der Waals surface area contributed by atoms with Gasteiger partial charge in [-0.15, -0.1) is 13.2 Å². The minimum atomic E-state index is -4.69. The molecule has 2 heterocycles. The monoisotopic (exact) mass is 381 g/mol. The fourth-order valence-corrected chi connectivity index (χ4v) is 2.06. The molecule has 0 aliphatic rings. The third-order valence-corrected chi connectivity index (χ3v) is 3.01. The highest BCUT2D eigenvalue weighted by Crippen LogP contribution is 2.23. The highest BCUT2D eigenvalue weighted by atomic mass is 19.4. The first kappa shape index (κ1) is 20.5. The number of aromatic nitrogens is 4. The van der Waals surface area contributed by atoms with Crippen molar-refractivity contribution >= 4 is 11.6 Å². The van der Waals surface area contributed by atoms with Gasteiger partial charge in [0.1, 0.15) is 17.9 Å². The lowest BCUT2D eigenvalue weighted by atomic mass is 10.2. The molecule has 0 unspecified atom stereocenters. The molecule has 2 aromatic heterocycles. The number of aryl methyl sites for hydroxylation is 1. The Morgan fingerprint density at radius 3 is 2.37 bits per heavy atom. The van der Waals surface area contributed by atoms with Gasteiger partial charge in [0.05, 0.1) is 0 Å². The first-order valence-electron chi connectivity index (χ1n) is 8.40. The van der Waals surface area contributed by atoms with Crippen molar-refractivity contribution in [2.75, 3.05) is 5.32 Å². The van der Waals surface area contributed by atoms with Crippen LogP contribution in [0.5, 0.6) is 5.75 Å². The Hall–Kier alpha value is -2.84. The zero-order valence-corrected chi connectivity index (χ0v) is 15.6. The van der Waals surface area contributed by atoms with Gasteiger partial charge in [0.15, 0.2) is 0 Å². The smallest absolute Gasteiger partial charge is 0.406 e. The summed E-state index contributed by atoms with van der Waals surface area (Å²) in [6.07, 6.45) is -3.29. The summed E-state index contributed by atoms with van der Waals surface area (Å²) in [6, 6.07) is 7.46. The standard InChI is InChI=1S/C14H12F3N5O.C4H10/c1-9-6-12(22-13(21-9)19-8-20-22)18-7-10-2-4-11(5-3-10)23-14(15,16)17;1-4(2)3/h2-6,8,18H,7H2,1H3;4H,1-3H3. The van der Waals surface area contributed by atoms with E-state index in [2.05, 4.69) is 45.9 Å². The van der Waals surface area contributed by atoms with Crippen LogP contribution in [-0.4, -0.2) is 25.9 Å². The van der Waals surface area contributed by atoms with Crippen LogP contribution < -0.4 is 10.1 Å². The Bertz CT molecular complexity index is 857. The summed E-state index contributed by atoms with van der Waals surface area (Å²) in [6.45, 7) is 8.74. The molecule has 9 heteroatoms. The minimum Gasteiger partial charge on any atom is -0.406 e. The van der Waals surface area contributed by atoms with Crippen molar-refractivity contribution in [3.63, 3.8) is 0 Å². The van der Waals surface area contributed by atoms with Crippen LogP contribution in [-0.2, 0) is 6.54 Å². The van der Waals surface area contributed by atoms with E-state index in [9.17, 15) is 13.2 Å². The SMILES string of the molecule is CC(C)C.Cc1cc(NCc2ccc(OC(F)(F)F)cc2)n2ncnc2n1. The number of alkyl halides is 3. The van der Waals surface area contributed by atoms with Crippen LogP contribution in [0.1, 0.15) is 32.0 Å². The molecule has 0 saturated carbocycles. The lowest BCUT2D eigenvalue weighted by Gasteiger charge is -2.11. The predicted molar refractivity (Wildman–Crippen MR) is 96.5 cm³/mol. The molecule has 0 amide bonds. The second kappa shape index (κ2) is 8.70. The summed E-state index contributed by atoms with van der Waals surface area (Å²) in [7, 11) is 0. The van der Waals surface area contributed by atoms with Crippen molar-refractivity contribution < 1.29 is 17.9 Å². The van der Waals surface area contributed by atoms with Gasteiger partial charge in [-0.1, -0.05) is 32.9 Å². The second-order valence-electron chi connectivity index (χ2n) is 6.53. The highest BCUT2D eigenvalue weighted by molar-refractivity contribution is 5.45. The maximum absolute atomic E-state index is 12.1. The fraction of sp³-hybridized carbons (Fsp3) is 0.389. The van der Waals surface area contributed by atoms with Crippen molar-refractivity contribution in [2.45, 2.75) is 40.6 Å². The lowest BCUT2D eigenvalue weighted by molar-refractivity contribution is -0.274. The molecular formula is C18H22F3N5O. The number of halogens is 3. The van der Waals surface area contributed by atoms with Crippen molar-refractivity contribution in [3.05, 3.63) is 47.9 Å². The van der Waals surface area contributed by atoms with Gasteiger partial charge >= 0.3 is 6.36 Å². The Morgan fingerprint density at radius 2 is 1.78 bits per heavy atom. The van der Waals surface area contributed by atoms with Crippen molar-refractivity contribution in [1.29, 1.82) is 0 Å². The number of ether oxygens (including phenoxy) is 1. The maximum Gasteiger partial charge on any atom is 0.573 e. The molecule has 0 atom stereocenters. The minimum absolute atomic E-state index is 0.250. The summed E-state index contributed by atoms with van der Waals surface area (Å²) in [5.41, 5.74) is 1.57. The number of rotatable bonds is 4. The Morgan fingerprint density at radius 1 is 1.15 bits per heavy atom. The number of fused-ring (bicyclic) bond motifs is 1. The van der Waals surface area contributed by atoms with E-state index in [-0.39, 0.29) is 5.75 Å². The van der Waals surface area contributed by atoms with Gasteiger partial charge in [-0.2, -0.15) is 14.6 Å². The van der Waals surface area contributed by atoms with Gasteiger partial charge in [-0.3, -0.25) is 0 Å². The van der Waals surface area contributed by atoms with E-state index in [1.165, 1.54) is 18.5 Å². The molecule has 3 rings (SSSR count). The van der Waals surface area contributed by atoms with E-state index in [0.29, 0.717) is 18.1 Å². The fourth-order valence-electron chi connectivity index (χ4n) is 2.06. The van der Waals surface area contributed by atoms with Gasteiger partial charge in [0.2, 0.25) is 0 Å². The molecule has 0 spiro atoms. The maximum atomic E-state index is 12.1. The molecular weight excluding hydrogens is 359 g/mol. The Kier molecular flexibility index (Phi) is 6.59. The van der Waals surface area contributed by atoms with Crippen molar-refractivity contribution in [1.82, 2.24) is 19.6 Å². The highest BCUT2D eigenvalue weighted by Gasteiger charge is 2.30. The average molecular weight is 381 g/mol. The van der Waals surface area contributed by atoms with E-state index >= 15 is 0 Å². The van der Waals surface area contributed by atoms with Gasteiger partial charge in [-0.25, -0.2) is 4.98 Å². The number of nitrogens with one attached hydrogen (secondary N) is 1. The average Bonchev–Trinajstić information content (AvgIpc) is 3.00. The third-order valence-electron chi connectivity index (χ3n) is 3.01. The van der Waals surface area contributed by atoms with E-state index in [0.717, 1.165) is 17.2 Å². The molecule has 0 radical (unpaired) electrons. The second-order valence-corrected chi connectivity index (χ2v) is 6.53. The number of nitrogens with zero attached hydrogens (tertiary/aromatic N) is 4. The zero-order chi connectivity index (χ0) is 20.0. The molecule has 3 aromatic rings. The number of hydrogen-bond donors (Lipinski definition) is 1. The van der Waals surface area contributed by atoms with Crippen molar-refractivity contribution in [2.24, 2.45) is 5.92 Å². The molecule has 0 aliphatic carbocycles. The lowest BCUT2D eigenvalue weighted by Crippen LogP contribution is -2.17. The number of benzene rings is 1. The van der Waals surface area contributed by atoms with Crippen LogP contribution in [0.3, 0.4) is 0 Å². The molecule has 0 fully saturated rings. The first-order chi connectivity index (χ1) is 12.6. The van der Waals surface area contributed by atoms with Crippen LogP contribution >= 0.6 is 0 Å². The largest absolute Gasteiger partial charge is 0.573 e. The van der Waals surface area contributed by atoms with E-state index in [1.54, 1.807) is 16.6 Å². The number of anilines is 1. The van der Waals surface area contributed by atoms with E-state index in [4.69, 9.17) is 0 Å². The van der Waals surface area contributed by atoms with Gasteiger partial charge in [-0.05, 0) is 30.5 Å². The van der Waals surface area contributed by atoms with Crippen LogP contribution in [0.4, 0.5) is 19.0 Å². The van der Waals surface area contributed by atoms with Crippen molar-refractivity contribution in [3.8, 4) is 5.75 Å². The molecule has 0 aliphatic heterocycles. The van der Waals surface area contributed by atoms with Gasteiger partial charge in [0.25, 0.3) is 5.78 Å². The molecule has 0 saturated heterocycles. The Balaban J connectivity index is 0.000000596. The van der Waals surface area contributed by atoms with Gasteiger partial charge < -0.3 is 10.1 Å². The van der Waals surface area contributed by atoms with Gasteiger partial charge in [0, 0.05) is 18.3 Å². The summed E-state index contributed by atoms with van der Waals surface area (Å²) in [5.74, 6) is 1.75. The molecule has 27 heavy (non-hydrogen) atoms. The van der Waals surface area contributed by atoms with Crippen LogP contribution in [0.15, 0.2) is 36.7 Å². The summed E-state index contributed by atoms with van der Waals surface area (Å²) in [5, 5.41) is 7.22. The number of hydrogen-bond acceptors (Lipinski definition) is 5. The first-order valence-corrected chi connectivity index (χ1v) is 8.40. The van der Waals surface area contributed by atoms with Crippen LogP contribution in [0.2, 0.25) is 0 Å². The summed E-state index contributed by atoms with van der Waals surface area (Å²) >= 11 is 0. The molecule has 1 N–H and O–H groups in total. The zero-order valence-electron chi connectivity index (χ0n) is 15.6. The molecule has 0 bridgehead atoms. The van der Waals surface area contributed by atoms with Crippen LogP contribution in [0, 0.1) is 12.8 Å². The third kappa shape index (κ3) is 6.76.